The lowest BCUT2D eigenvalue weighted by molar-refractivity contribution is 0.590. The van der Waals surface area contributed by atoms with Gasteiger partial charge in [0, 0.05) is 34.1 Å². The molecule has 11 aromatic carbocycles. The third kappa shape index (κ3) is 6.84. The Morgan fingerprint density at radius 1 is 0.325 bits per heavy atom. The lowest BCUT2D eigenvalue weighted by Crippen LogP contribution is -2.72. The fraction of sp³-hybridized carbons (Fsp3) is 0.120. The Hall–Kier alpha value is -8.48. The van der Waals surface area contributed by atoms with Crippen LogP contribution in [0.15, 0.2) is 255 Å². The second-order valence-electron chi connectivity index (χ2n) is 24.8. The Kier molecular flexibility index (Phi) is 10.8. The summed E-state index contributed by atoms with van der Waals surface area (Å²) in [6.45, 7) is 16.5. The van der Waals surface area contributed by atoms with Gasteiger partial charge < -0.3 is 9.80 Å². The van der Waals surface area contributed by atoms with Crippen LogP contribution >= 0.6 is 0 Å². The van der Waals surface area contributed by atoms with Crippen LogP contribution in [-0.2, 0) is 10.8 Å². The van der Waals surface area contributed by atoms with Crippen molar-refractivity contribution in [1.82, 2.24) is 0 Å². The van der Waals surface area contributed by atoms with Gasteiger partial charge in [0.2, 0.25) is 0 Å². The quantitative estimate of drug-likeness (QED) is 0.153. The molecule has 0 spiro atoms. The summed E-state index contributed by atoms with van der Waals surface area (Å²) in [6, 6.07) is 99.0. The normalized spacial score (nSPS) is 14.8. The Morgan fingerprint density at radius 2 is 0.738 bits per heavy atom. The highest BCUT2D eigenvalue weighted by Crippen LogP contribution is 2.48. The fourth-order valence-corrected chi connectivity index (χ4v) is 25.2. The Morgan fingerprint density at radius 3 is 1.23 bits per heavy atom. The molecule has 0 fully saturated rings. The average molecular weight is 1060 g/mol. The van der Waals surface area contributed by atoms with E-state index in [4.69, 9.17) is 0 Å². The van der Waals surface area contributed by atoms with Crippen molar-refractivity contribution in [3.05, 3.63) is 271 Å². The van der Waals surface area contributed by atoms with E-state index >= 15 is 0 Å². The number of aryl methyl sites for hydroxylation is 1. The van der Waals surface area contributed by atoms with Gasteiger partial charge in [0.15, 0.2) is 16.1 Å². The predicted molar refractivity (Wildman–Crippen MR) is 348 cm³/mol. The first-order valence-corrected chi connectivity index (χ1v) is 32.6. The van der Waals surface area contributed by atoms with E-state index in [1.807, 2.05) is 0 Å². The van der Waals surface area contributed by atoms with Crippen molar-refractivity contribution in [2.75, 3.05) is 9.80 Å². The predicted octanol–water partition coefficient (Wildman–Crippen LogP) is 11.4. The van der Waals surface area contributed by atoms with Gasteiger partial charge in [0.25, 0.3) is 6.71 Å². The molecule has 4 heterocycles. The highest BCUT2D eigenvalue weighted by atomic mass is 28.3. The van der Waals surface area contributed by atoms with Gasteiger partial charge in [-0.05, 0) is 157 Å². The summed E-state index contributed by atoms with van der Waals surface area (Å²) in [7, 11) is -5.65. The van der Waals surface area contributed by atoms with Gasteiger partial charge in [-0.25, -0.2) is 0 Å². The van der Waals surface area contributed by atoms with E-state index in [1.54, 1.807) is 0 Å². The molecular weight excluding hydrogens is 996 g/mol. The van der Waals surface area contributed by atoms with Gasteiger partial charge in [-0.2, -0.15) is 0 Å². The molecule has 0 saturated heterocycles. The highest BCUT2D eigenvalue weighted by molar-refractivity contribution is 7.23. The number of fused-ring (bicyclic) bond motifs is 10. The molecule has 2 nitrogen and oxygen atoms in total. The second-order valence-corrected chi connectivity index (χ2v) is 32.3. The van der Waals surface area contributed by atoms with Crippen molar-refractivity contribution in [2.24, 2.45) is 0 Å². The molecule has 5 heteroatoms. The molecule has 0 bridgehead atoms. The first-order chi connectivity index (χ1) is 38.9. The Bertz CT molecular complexity index is 4210. The van der Waals surface area contributed by atoms with Crippen LogP contribution in [0.3, 0.4) is 0 Å². The number of rotatable bonds is 6. The van der Waals surface area contributed by atoms with Crippen LogP contribution < -0.4 is 67.7 Å². The van der Waals surface area contributed by atoms with E-state index in [2.05, 4.69) is 313 Å². The lowest BCUT2D eigenvalue weighted by Gasteiger charge is -2.46. The maximum atomic E-state index is 2.69. The minimum atomic E-state index is -2.83. The second kappa shape index (κ2) is 17.8. The summed E-state index contributed by atoms with van der Waals surface area (Å²) in [6.07, 6.45) is 0. The maximum absolute atomic E-state index is 2.83. The van der Waals surface area contributed by atoms with Crippen LogP contribution in [0.1, 0.15) is 58.2 Å². The maximum Gasteiger partial charge on any atom is 0.252 e. The molecule has 0 radical (unpaired) electrons. The summed E-state index contributed by atoms with van der Waals surface area (Å²) >= 11 is 0. The molecule has 0 N–H and O–H groups in total. The van der Waals surface area contributed by atoms with Crippen LogP contribution in [0, 0.1) is 6.92 Å². The van der Waals surface area contributed by atoms with Crippen molar-refractivity contribution in [3.63, 3.8) is 0 Å². The third-order valence-corrected chi connectivity index (χ3v) is 28.2. The zero-order valence-corrected chi connectivity index (χ0v) is 48.7. The van der Waals surface area contributed by atoms with Gasteiger partial charge in [0.1, 0.15) is 0 Å². The number of hydrogen-bond donors (Lipinski definition) is 0. The molecule has 4 aliphatic rings. The molecule has 15 rings (SSSR count). The van der Waals surface area contributed by atoms with E-state index in [9.17, 15) is 0 Å². The molecule has 4 aliphatic heterocycles. The minimum absolute atomic E-state index is 0.0183. The topological polar surface area (TPSA) is 6.48 Å². The number of benzene rings is 11. The fourth-order valence-electron chi connectivity index (χ4n) is 14.8. The first kappa shape index (κ1) is 48.6. The van der Waals surface area contributed by atoms with Gasteiger partial charge in [-0.15, -0.1) is 0 Å². The molecule has 0 aromatic heterocycles. The van der Waals surface area contributed by atoms with Crippen LogP contribution in [0.25, 0.3) is 22.3 Å². The molecule has 80 heavy (non-hydrogen) atoms. The third-order valence-electron chi connectivity index (χ3n) is 18.4. The summed E-state index contributed by atoms with van der Waals surface area (Å²) in [5, 5.41) is 11.4. The van der Waals surface area contributed by atoms with E-state index in [1.165, 1.54) is 131 Å². The van der Waals surface area contributed by atoms with E-state index in [0.717, 1.165) is 0 Å². The van der Waals surface area contributed by atoms with Crippen molar-refractivity contribution < 1.29 is 0 Å². The van der Waals surface area contributed by atoms with Gasteiger partial charge >= 0.3 is 0 Å². The molecule has 0 unspecified atom stereocenters. The Labute approximate surface area is 474 Å². The highest BCUT2D eigenvalue weighted by Gasteiger charge is 2.52. The van der Waals surface area contributed by atoms with Crippen molar-refractivity contribution in [2.45, 2.75) is 59.3 Å². The van der Waals surface area contributed by atoms with E-state index < -0.39 is 16.1 Å². The zero-order chi connectivity index (χ0) is 54.3. The van der Waals surface area contributed by atoms with Crippen molar-refractivity contribution >= 4 is 115 Å². The minimum Gasteiger partial charge on any atom is -0.311 e. The smallest absolute Gasteiger partial charge is 0.252 e. The van der Waals surface area contributed by atoms with Crippen LogP contribution in [0.2, 0.25) is 0 Å². The van der Waals surface area contributed by atoms with Crippen LogP contribution in [0.4, 0.5) is 34.1 Å². The molecule has 384 valence electrons. The molecule has 0 aliphatic carbocycles. The average Bonchev–Trinajstić information content (AvgIpc) is 4.15. The molecule has 0 saturated carbocycles. The molecule has 0 atom stereocenters. The van der Waals surface area contributed by atoms with Crippen molar-refractivity contribution in [3.8, 4) is 22.3 Å². The monoisotopic (exact) mass is 1060 g/mol. The summed E-state index contributed by atoms with van der Waals surface area (Å²) in [5.41, 5.74) is 20.6. The summed E-state index contributed by atoms with van der Waals surface area (Å²) < 4.78 is 0. The zero-order valence-electron chi connectivity index (χ0n) is 46.7. The molecule has 11 aromatic rings. The summed E-state index contributed by atoms with van der Waals surface area (Å²) in [5.74, 6) is 0. The van der Waals surface area contributed by atoms with Crippen LogP contribution in [-0.4, -0.2) is 22.9 Å². The van der Waals surface area contributed by atoms with Crippen molar-refractivity contribution in [1.29, 1.82) is 0 Å². The SMILES string of the molecule is Cc1ccc2c3c1N(c1ccc4c(c1)[Si](c1ccccc1)(c1ccccc1)c1ccccc1-4)c1cc(C(C)(C)C)ccc1B3c1cc(C(C)(C)C)ccc1N2c1ccc2c(c1)[Si](c1ccccc1)(c1ccccc1)c1ccccc1-2. The molecule has 0 amide bonds. The number of nitrogens with zero attached hydrogens (tertiary/aromatic N) is 2. The van der Waals surface area contributed by atoms with Gasteiger partial charge in [-0.3, -0.25) is 0 Å². The lowest BCUT2D eigenvalue weighted by atomic mass is 9.33. The summed E-state index contributed by atoms with van der Waals surface area (Å²) in [4.78, 5) is 5.33. The van der Waals surface area contributed by atoms with E-state index in [-0.39, 0.29) is 17.5 Å². The number of hydrogen-bond acceptors (Lipinski definition) is 2. The first-order valence-electron chi connectivity index (χ1n) is 28.6. The van der Waals surface area contributed by atoms with Gasteiger partial charge in [0.05, 0.1) is 0 Å². The van der Waals surface area contributed by atoms with Crippen LogP contribution in [0.5, 0.6) is 0 Å². The van der Waals surface area contributed by atoms with Gasteiger partial charge in [-0.1, -0.05) is 254 Å². The van der Waals surface area contributed by atoms with E-state index in [0.29, 0.717) is 0 Å². The number of anilines is 6. The standard InChI is InChI=1S/C75H63BN2Si2/c1-50-36-44-66-72-73(50)78(54-40-42-62-60-33-21-23-35-69(60)80(71(62)49-54,57-28-16-10-17-29-57)58-30-18-11-19-31-58)67-47-52(75(5,6)7)37-43-63(67)76(72)64-46-51(74(2,3)4)38-45-65(64)77(66)53-39-41-61-59-32-20-22-34-68(59)79(70(61)48-53,55-24-12-8-13-25-55)56-26-14-9-15-27-56/h8-49H,1-7H3. The molecular formula is C75H63BN2Si2. The largest absolute Gasteiger partial charge is 0.311 e. The Balaban J connectivity index is 1.02.